The van der Waals surface area contributed by atoms with Crippen LogP contribution in [0.3, 0.4) is 0 Å². The monoisotopic (exact) mass is 258 g/mol. The number of nitrogens with two attached hydrogens (primary N) is 2. The molecule has 1 fully saturated rings. The zero-order chi connectivity index (χ0) is 13.5. The molecule has 1 rings (SSSR count). The molecule has 17 heavy (non-hydrogen) atoms. The quantitative estimate of drug-likeness (QED) is 0.765. The maximum Gasteiger partial charge on any atom is 0.268 e. The van der Waals surface area contributed by atoms with E-state index in [0.29, 0.717) is 11.8 Å². The van der Waals surface area contributed by atoms with Gasteiger partial charge in [0.1, 0.15) is 5.72 Å². The van der Waals surface area contributed by atoms with Crippen molar-refractivity contribution >= 4 is 8.48 Å². The summed E-state index contributed by atoms with van der Waals surface area (Å²) in [7, 11) is -2.13. The second kappa shape index (κ2) is 4.65. The first kappa shape index (κ1) is 15.2. The van der Waals surface area contributed by atoms with Crippen molar-refractivity contribution in [2.45, 2.75) is 65.8 Å². The molecule has 0 bridgehead atoms. The normalized spacial score (nSPS) is 41.8. The molecule has 102 valence electrons. The predicted octanol–water partition coefficient (Wildman–Crippen LogP) is 2.80. The van der Waals surface area contributed by atoms with Crippen molar-refractivity contribution in [1.29, 1.82) is 0 Å². The van der Waals surface area contributed by atoms with Gasteiger partial charge in [-0.1, -0.05) is 41.5 Å². The Labute approximate surface area is 107 Å². The van der Waals surface area contributed by atoms with Crippen LogP contribution >= 0.6 is 0 Å². The summed E-state index contributed by atoms with van der Waals surface area (Å²) in [5.74, 6) is 1.11. The Morgan fingerprint density at radius 3 is 2.35 bits per heavy atom. The first-order valence-corrected chi connectivity index (χ1v) is 9.24. The van der Waals surface area contributed by atoms with Crippen LogP contribution in [-0.4, -0.2) is 14.2 Å². The van der Waals surface area contributed by atoms with Crippen molar-refractivity contribution < 1.29 is 4.43 Å². The SMILES string of the molecule is CCC1(N)O[Si](N)(CC(C)C)CC(C)C1(C)C. The molecule has 4 heteroatoms. The summed E-state index contributed by atoms with van der Waals surface area (Å²) < 4.78 is 6.30. The average molecular weight is 258 g/mol. The minimum Gasteiger partial charge on any atom is -0.385 e. The van der Waals surface area contributed by atoms with Gasteiger partial charge in [-0.3, -0.25) is 0 Å². The van der Waals surface area contributed by atoms with E-state index in [4.69, 9.17) is 15.6 Å². The van der Waals surface area contributed by atoms with Crippen molar-refractivity contribution in [1.82, 2.24) is 0 Å². The Morgan fingerprint density at radius 1 is 1.41 bits per heavy atom. The number of rotatable bonds is 3. The van der Waals surface area contributed by atoms with Crippen molar-refractivity contribution in [3.8, 4) is 0 Å². The molecule has 0 aromatic carbocycles. The summed E-state index contributed by atoms with van der Waals surface area (Å²) in [6.07, 6.45) is 0.828. The van der Waals surface area contributed by atoms with Gasteiger partial charge < -0.3 is 15.6 Å². The summed E-state index contributed by atoms with van der Waals surface area (Å²) in [4.78, 5) is 0. The molecule has 0 aromatic rings. The molecule has 3 unspecified atom stereocenters. The third kappa shape index (κ3) is 2.75. The first-order chi connectivity index (χ1) is 7.56. The fourth-order valence-corrected chi connectivity index (χ4v) is 7.47. The van der Waals surface area contributed by atoms with Crippen molar-refractivity contribution in [3.63, 3.8) is 0 Å². The van der Waals surface area contributed by atoms with Crippen molar-refractivity contribution in [2.75, 3.05) is 0 Å². The largest absolute Gasteiger partial charge is 0.385 e. The van der Waals surface area contributed by atoms with Gasteiger partial charge >= 0.3 is 0 Å². The fraction of sp³-hybridized carbons (Fsp3) is 1.00. The third-order valence-electron chi connectivity index (χ3n) is 4.64. The second-order valence-corrected chi connectivity index (χ2v) is 9.98. The summed E-state index contributed by atoms with van der Waals surface area (Å²) in [5, 5.41) is 6.56. The highest BCUT2D eigenvalue weighted by atomic mass is 28.4. The second-order valence-electron chi connectivity index (χ2n) is 6.83. The fourth-order valence-electron chi connectivity index (χ4n) is 3.07. The van der Waals surface area contributed by atoms with Gasteiger partial charge in [0, 0.05) is 5.41 Å². The molecule has 0 radical (unpaired) electrons. The molecule has 0 amide bonds. The van der Waals surface area contributed by atoms with E-state index in [-0.39, 0.29) is 5.41 Å². The lowest BCUT2D eigenvalue weighted by Gasteiger charge is -2.56. The highest BCUT2D eigenvalue weighted by Crippen LogP contribution is 2.49. The van der Waals surface area contributed by atoms with Crippen LogP contribution in [0.5, 0.6) is 0 Å². The Balaban J connectivity index is 2.99. The lowest BCUT2D eigenvalue weighted by molar-refractivity contribution is -0.0969. The molecule has 1 aliphatic rings. The third-order valence-corrected chi connectivity index (χ3v) is 8.22. The van der Waals surface area contributed by atoms with Crippen molar-refractivity contribution in [3.05, 3.63) is 0 Å². The van der Waals surface area contributed by atoms with E-state index >= 15 is 0 Å². The van der Waals surface area contributed by atoms with E-state index in [1.807, 2.05) is 0 Å². The minimum absolute atomic E-state index is 0.00536. The number of hydrogen-bond donors (Lipinski definition) is 2. The van der Waals surface area contributed by atoms with E-state index in [9.17, 15) is 0 Å². The van der Waals surface area contributed by atoms with Crippen LogP contribution < -0.4 is 11.1 Å². The lowest BCUT2D eigenvalue weighted by Crippen LogP contribution is -2.70. The average Bonchev–Trinajstić information content (AvgIpc) is 2.13. The predicted molar refractivity (Wildman–Crippen MR) is 75.6 cm³/mol. The minimum atomic E-state index is -2.13. The molecule has 3 atom stereocenters. The van der Waals surface area contributed by atoms with Gasteiger partial charge in [-0.25, -0.2) is 0 Å². The standard InChI is InChI=1S/C13H30N2OSi/c1-7-13(14)12(5,6)11(4)9-17(15,16-13)8-10(2)3/h10-11H,7-9,14-15H2,1-6H3. The van der Waals surface area contributed by atoms with E-state index < -0.39 is 14.2 Å². The zero-order valence-electron chi connectivity index (χ0n) is 12.3. The highest BCUT2D eigenvalue weighted by Gasteiger charge is 2.56. The van der Waals surface area contributed by atoms with Crippen LogP contribution in [0, 0.1) is 17.3 Å². The van der Waals surface area contributed by atoms with E-state index in [0.717, 1.165) is 18.5 Å². The van der Waals surface area contributed by atoms with Gasteiger partial charge in [0.15, 0.2) is 0 Å². The van der Waals surface area contributed by atoms with Crippen LogP contribution in [0.15, 0.2) is 0 Å². The van der Waals surface area contributed by atoms with E-state index in [2.05, 4.69) is 41.5 Å². The maximum absolute atomic E-state index is 6.56. The molecule has 0 aromatic heterocycles. The van der Waals surface area contributed by atoms with Gasteiger partial charge in [0.05, 0.1) is 0 Å². The van der Waals surface area contributed by atoms with Gasteiger partial charge in [-0.15, -0.1) is 0 Å². The molecule has 0 aliphatic carbocycles. The molecule has 3 nitrogen and oxygen atoms in total. The molecular formula is C13H30N2OSi. The summed E-state index contributed by atoms with van der Waals surface area (Å²) in [5.41, 5.74) is 5.95. The first-order valence-electron chi connectivity index (χ1n) is 6.84. The smallest absolute Gasteiger partial charge is 0.268 e. The van der Waals surface area contributed by atoms with E-state index in [1.54, 1.807) is 0 Å². The summed E-state index contributed by atoms with van der Waals surface area (Å²) >= 11 is 0. The highest BCUT2D eigenvalue weighted by molar-refractivity contribution is 6.71. The van der Waals surface area contributed by atoms with Crippen LogP contribution in [-0.2, 0) is 4.43 Å². The number of hydrogen-bond acceptors (Lipinski definition) is 3. The summed E-state index contributed by atoms with van der Waals surface area (Å²) in [6.45, 7) is 13.2. The summed E-state index contributed by atoms with van der Waals surface area (Å²) in [6, 6.07) is 2.03. The van der Waals surface area contributed by atoms with Crippen LogP contribution in [0.1, 0.15) is 48.0 Å². The van der Waals surface area contributed by atoms with Gasteiger partial charge in [0.2, 0.25) is 0 Å². The molecule has 1 saturated heterocycles. The Bertz CT molecular complexity index is 283. The van der Waals surface area contributed by atoms with Crippen LogP contribution in [0.2, 0.25) is 12.1 Å². The van der Waals surface area contributed by atoms with Crippen molar-refractivity contribution in [2.24, 2.45) is 28.4 Å². The van der Waals surface area contributed by atoms with Crippen LogP contribution in [0.4, 0.5) is 0 Å². The topological polar surface area (TPSA) is 61.3 Å². The molecule has 4 N–H and O–H groups in total. The molecule has 1 heterocycles. The van der Waals surface area contributed by atoms with Gasteiger partial charge in [-0.05, 0) is 30.3 Å². The zero-order valence-corrected chi connectivity index (χ0v) is 13.3. The Morgan fingerprint density at radius 2 is 1.94 bits per heavy atom. The Kier molecular flexibility index (Phi) is 4.14. The molecule has 1 aliphatic heterocycles. The maximum atomic E-state index is 6.56. The van der Waals surface area contributed by atoms with Crippen LogP contribution in [0.25, 0.3) is 0 Å². The van der Waals surface area contributed by atoms with E-state index in [1.165, 1.54) is 0 Å². The molecule has 0 spiro atoms. The molecule has 0 saturated carbocycles. The van der Waals surface area contributed by atoms with Gasteiger partial charge in [0.25, 0.3) is 8.48 Å². The lowest BCUT2D eigenvalue weighted by atomic mass is 9.71. The Hall–Kier alpha value is 0.0969. The van der Waals surface area contributed by atoms with Gasteiger partial charge in [-0.2, -0.15) is 0 Å². The molecular weight excluding hydrogens is 228 g/mol.